The molecule has 0 aliphatic heterocycles. The van der Waals surface area contributed by atoms with E-state index in [0.29, 0.717) is 5.92 Å². The van der Waals surface area contributed by atoms with Crippen LogP contribution < -0.4 is 0 Å². The Morgan fingerprint density at radius 1 is 1.25 bits per heavy atom. The first-order valence-corrected chi connectivity index (χ1v) is 5.71. The zero-order chi connectivity index (χ0) is 11.5. The van der Waals surface area contributed by atoms with Gasteiger partial charge in [-0.2, -0.15) is 0 Å². The van der Waals surface area contributed by atoms with E-state index in [1.165, 1.54) is 31.4 Å². The van der Waals surface area contributed by atoms with Gasteiger partial charge in [0.05, 0.1) is 5.56 Å². The standard InChI is InChI=1S/C13H15FO2/c14-12-7-6-10(8-11(12)13(15)16)9-4-2-1-3-5-9/h6-9H,1-5H2,(H,15,16). The molecule has 16 heavy (non-hydrogen) atoms. The van der Waals surface area contributed by atoms with Crippen LogP contribution in [0.4, 0.5) is 4.39 Å². The lowest BCUT2D eigenvalue weighted by Crippen LogP contribution is -2.07. The topological polar surface area (TPSA) is 37.3 Å². The number of halogens is 1. The Labute approximate surface area is 94.1 Å². The summed E-state index contributed by atoms with van der Waals surface area (Å²) in [5, 5.41) is 8.85. The molecule has 0 unspecified atom stereocenters. The van der Waals surface area contributed by atoms with E-state index in [1.807, 2.05) is 0 Å². The Morgan fingerprint density at radius 3 is 2.56 bits per heavy atom. The second kappa shape index (κ2) is 4.64. The van der Waals surface area contributed by atoms with Crippen molar-refractivity contribution in [3.05, 3.63) is 35.1 Å². The van der Waals surface area contributed by atoms with Crippen molar-refractivity contribution in [3.63, 3.8) is 0 Å². The predicted molar refractivity (Wildman–Crippen MR) is 59.2 cm³/mol. The van der Waals surface area contributed by atoms with E-state index in [-0.39, 0.29) is 5.56 Å². The molecule has 0 radical (unpaired) electrons. The van der Waals surface area contributed by atoms with E-state index < -0.39 is 11.8 Å². The van der Waals surface area contributed by atoms with Gasteiger partial charge in [-0.05, 0) is 36.5 Å². The fourth-order valence-electron chi connectivity index (χ4n) is 2.40. The highest BCUT2D eigenvalue weighted by Crippen LogP contribution is 2.33. The molecule has 0 heterocycles. The van der Waals surface area contributed by atoms with Crippen molar-refractivity contribution < 1.29 is 14.3 Å². The van der Waals surface area contributed by atoms with Gasteiger partial charge < -0.3 is 5.11 Å². The molecule has 2 nitrogen and oxygen atoms in total. The molecule has 86 valence electrons. The maximum absolute atomic E-state index is 13.2. The third-order valence-electron chi connectivity index (χ3n) is 3.30. The smallest absolute Gasteiger partial charge is 0.338 e. The molecule has 0 amide bonds. The molecule has 0 aromatic heterocycles. The first-order chi connectivity index (χ1) is 7.68. The van der Waals surface area contributed by atoms with Gasteiger partial charge in [0.2, 0.25) is 0 Å². The van der Waals surface area contributed by atoms with Crippen molar-refractivity contribution in [2.75, 3.05) is 0 Å². The number of hydrogen-bond acceptors (Lipinski definition) is 1. The lowest BCUT2D eigenvalue weighted by Gasteiger charge is -2.22. The van der Waals surface area contributed by atoms with Crippen LogP contribution in [0.5, 0.6) is 0 Å². The van der Waals surface area contributed by atoms with E-state index in [9.17, 15) is 9.18 Å². The maximum atomic E-state index is 13.2. The van der Waals surface area contributed by atoms with Crippen molar-refractivity contribution in [2.24, 2.45) is 0 Å². The first kappa shape index (κ1) is 11.1. The van der Waals surface area contributed by atoms with E-state index in [4.69, 9.17) is 5.11 Å². The summed E-state index contributed by atoms with van der Waals surface area (Å²) in [6.07, 6.45) is 5.80. The van der Waals surface area contributed by atoms with Gasteiger partial charge in [-0.25, -0.2) is 9.18 Å². The molecular weight excluding hydrogens is 207 g/mol. The van der Waals surface area contributed by atoms with Crippen LogP contribution in [-0.2, 0) is 0 Å². The molecule has 1 saturated carbocycles. The number of carboxylic acid groups (broad SMARTS) is 1. The van der Waals surface area contributed by atoms with Crippen LogP contribution in [0.15, 0.2) is 18.2 Å². The second-order valence-electron chi connectivity index (χ2n) is 4.38. The number of hydrogen-bond donors (Lipinski definition) is 1. The molecule has 1 aliphatic carbocycles. The molecule has 0 bridgehead atoms. The number of carboxylic acids is 1. The highest BCUT2D eigenvalue weighted by Gasteiger charge is 2.18. The highest BCUT2D eigenvalue weighted by atomic mass is 19.1. The SMILES string of the molecule is O=C(O)c1cc(C2CCCCC2)ccc1F. The summed E-state index contributed by atoms with van der Waals surface area (Å²) in [5.74, 6) is -1.42. The quantitative estimate of drug-likeness (QED) is 0.830. The first-order valence-electron chi connectivity index (χ1n) is 5.71. The van der Waals surface area contributed by atoms with Crippen LogP contribution in [0.1, 0.15) is 53.9 Å². The third-order valence-corrected chi connectivity index (χ3v) is 3.30. The summed E-state index contributed by atoms with van der Waals surface area (Å²) in [4.78, 5) is 10.8. The molecular formula is C13H15FO2. The van der Waals surface area contributed by atoms with Gasteiger partial charge in [-0.15, -0.1) is 0 Å². The van der Waals surface area contributed by atoms with Gasteiger partial charge in [-0.3, -0.25) is 0 Å². The van der Waals surface area contributed by atoms with E-state index >= 15 is 0 Å². The van der Waals surface area contributed by atoms with Crippen LogP contribution in [0.3, 0.4) is 0 Å². The average molecular weight is 222 g/mol. The number of benzene rings is 1. The van der Waals surface area contributed by atoms with Crippen LogP contribution in [-0.4, -0.2) is 11.1 Å². The number of rotatable bonds is 2. The molecule has 1 aromatic carbocycles. The van der Waals surface area contributed by atoms with Crippen LogP contribution in [0.2, 0.25) is 0 Å². The largest absolute Gasteiger partial charge is 0.478 e. The van der Waals surface area contributed by atoms with Crippen molar-refractivity contribution >= 4 is 5.97 Å². The van der Waals surface area contributed by atoms with Crippen LogP contribution >= 0.6 is 0 Å². The van der Waals surface area contributed by atoms with Gasteiger partial charge in [0.1, 0.15) is 5.82 Å². The molecule has 0 atom stereocenters. The Balaban J connectivity index is 2.27. The molecule has 3 heteroatoms. The zero-order valence-electron chi connectivity index (χ0n) is 9.08. The van der Waals surface area contributed by atoms with Gasteiger partial charge in [-0.1, -0.05) is 25.3 Å². The maximum Gasteiger partial charge on any atom is 0.338 e. The average Bonchev–Trinajstić information content (AvgIpc) is 2.30. The molecule has 0 spiro atoms. The summed E-state index contributed by atoms with van der Waals surface area (Å²) in [6.45, 7) is 0. The fourth-order valence-corrected chi connectivity index (χ4v) is 2.40. The molecule has 1 N–H and O–H groups in total. The van der Waals surface area contributed by atoms with Crippen molar-refractivity contribution in [3.8, 4) is 0 Å². The van der Waals surface area contributed by atoms with Crippen LogP contribution in [0.25, 0.3) is 0 Å². The van der Waals surface area contributed by atoms with Crippen molar-refractivity contribution in [1.29, 1.82) is 0 Å². The highest BCUT2D eigenvalue weighted by molar-refractivity contribution is 5.88. The zero-order valence-corrected chi connectivity index (χ0v) is 9.08. The lowest BCUT2D eigenvalue weighted by molar-refractivity contribution is 0.0691. The Hall–Kier alpha value is -1.38. The predicted octanol–water partition coefficient (Wildman–Crippen LogP) is 3.57. The second-order valence-corrected chi connectivity index (χ2v) is 4.38. The summed E-state index contributed by atoms with van der Waals surface area (Å²) >= 11 is 0. The number of aromatic carboxylic acids is 1. The monoisotopic (exact) mass is 222 g/mol. The summed E-state index contributed by atoms with van der Waals surface area (Å²) < 4.78 is 13.2. The molecule has 1 fully saturated rings. The minimum Gasteiger partial charge on any atom is -0.478 e. The molecule has 1 aromatic rings. The molecule has 1 aliphatic rings. The molecule has 2 rings (SSSR count). The van der Waals surface area contributed by atoms with E-state index in [2.05, 4.69) is 0 Å². The Kier molecular flexibility index (Phi) is 3.22. The number of carbonyl (C=O) groups is 1. The van der Waals surface area contributed by atoms with Crippen LogP contribution in [0, 0.1) is 5.82 Å². The summed E-state index contributed by atoms with van der Waals surface area (Å²) in [6, 6.07) is 4.48. The van der Waals surface area contributed by atoms with Gasteiger partial charge in [0.15, 0.2) is 0 Å². The van der Waals surface area contributed by atoms with E-state index in [1.54, 1.807) is 6.07 Å². The normalized spacial score (nSPS) is 17.3. The lowest BCUT2D eigenvalue weighted by atomic mass is 9.83. The Morgan fingerprint density at radius 2 is 1.94 bits per heavy atom. The van der Waals surface area contributed by atoms with Gasteiger partial charge in [0, 0.05) is 0 Å². The fraction of sp³-hybridized carbons (Fsp3) is 0.462. The third kappa shape index (κ3) is 2.23. The summed E-state index contributed by atoms with van der Waals surface area (Å²) in [5.41, 5.74) is 0.765. The van der Waals surface area contributed by atoms with Gasteiger partial charge in [0.25, 0.3) is 0 Å². The minimum atomic E-state index is -1.19. The van der Waals surface area contributed by atoms with Crippen molar-refractivity contribution in [1.82, 2.24) is 0 Å². The Bertz CT molecular complexity index is 395. The van der Waals surface area contributed by atoms with Gasteiger partial charge >= 0.3 is 5.97 Å². The molecule has 0 saturated heterocycles. The van der Waals surface area contributed by atoms with E-state index in [0.717, 1.165) is 18.4 Å². The minimum absolute atomic E-state index is 0.205. The van der Waals surface area contributed by atoms with Crippen molar-refractivity contribution in [2.45, 2.75) is 38.0 Å². The summed E-state index contributed by atoms with van der Waals surface area (Å²) in [7, 11) is 0.